The topological polar surface area (TPSA) is 277 Å². The van der Waals surface area contributed by atoms with E-state index in [1.165, 1.54) is 42.6 Å². The van der Waals surface area contributed by atoms with Gasteiger partial charge in [-0.1, -0.05) is 152 Å². The van der Waals surface area contributed by atoms with Gasteiger partial charge in [-0.15, -0.1) is 0 Å². The van der Waals surface area contributed by atoms with Gasteiger partial charge >= 0.3 is 12.1 Å². The summed E-state index contributed by atoms with van der Waals surface area (Å²) in [6, 6.07) is 55.0. The van der Waals surface area contributed by atoms with Crippen LogP contribution in [0.4, 0.5) is 10.7 Å². The van der Waals surface area contributed by atoms with Crippen molar-refractivity contribution < 1.29 is 55.3 Å². The van der Waals surface area contributed by atoms with Crippen molar-refractivity contribution in [1.82, 2.24) is 34.2 Å². The molecule has 2 amide bonds. The van der Waals surface area contributed by atoms with Gasteiger partial charge in [0.15, 0.2) is 0 Å². The zero-order chi connectivity index (χ0) is 63.4. The van der Waals surface area contributed by atoms with Gasteiger partial charge in [0.05, 0.1) is 41.7 Å². The average molecular weight is 1260 g/mol. The summed E-state index contributed by atoms with van der Waals surface area (Å²) in [6.45, 7) is 2.50. The number of fused-ring (bicyclic) bond motifs is 1. The molecule has 0 fully saturated rings. The van der Waals surface area contributed by atoms with Crippen LogP contribution in [0.25, 0.3) is 22.0 Å². The molecule has 90 heavy (non-hydrogen) atoms. The number of sulfonamides is 2. The number of benzene rings is 7. The highest BCUT2D eigenvalue weighted by Gasteiger charge is 2.40. The molecule has 9 rings (SSSR count). The second kappa shape index (κ2) is 31.2. The largest absolute Gasteiger partial charge is 0.480 e. The molecular weight excluding hydrogens is 1190 g/mol. The van der Waals surface area contributed by atoms with Crippen LogP contribution in [0.1, 0.15) is 51.0 Å². The van der Waals surface area contributed by atoms with Crippen molar-refractivity contribution in [3.05, 3.63) is 250 Å². The summed E-state index contributed by atoms with van der Waals surface area (Å²) in [5, 5.41) is 18.9. The lowest BCUT2D eigenvalue weighted by Gasteiger charge is -2.38. The van der Waals surface area contributed by atoms with Crippen LogP contribution in [0.2, 0.25) is 0 Å². The minimum Gasteiger partial charge on any atom is -0.480 e. The van der Waals surface area contributed by atoms with Crippen LogP contribution in [0.5, 0.6) is 0 Å². The number of amides is 2. The third-order valence-electron chi connectivity index (χ3n) is 14.7. The minimum absolute atomic E-state index is 0.0189. The number of nitrogens with one attached hydrogen (secondary N) is 5. The second-order valence-corrected chi connectivity index (χ2v) is 24.3. The van der Waals surface area contributed by atoms with Gasteiger partial charge in [-0.2, -0.15) is 4.72 Å². The fourth-order valence-electron chi connectivity index (χ4n) is 10.2. The molecular formula is C67H70N8O13S2. The van der Waals surface area contributed by atoms with Gasteiger partial charge in [0.2, 0.25) is 31.4 Å². The Morgan fingerprint density at radius 1 is 0.611 bits per heavy atom. The normalized spacial score (nSPS) is 12.1. The number of hydrogen-bond donors (Lipinski definition) is 6. The number of rotatable bonds is 33. The number of imidazole rings is 1. The summed E-state index contributed by atoms with van der Waals surface area (Å²) < 4.78 is 83.3. The van der Waals surface area contributed by atoms with Gasteiger partial charge in [0.25, 0.3) is 5.91 Å². The highest BCUT2D eigenvalue weighted by molar-refractivity contribution is 7.89. The van der Waals surface area contributed by atoms with E-state index in [1.807, 2.05) is 97.2 Å². The number of carbonyl (C=O) groups excluding carboxylic acids is 2. The monoisotopic (exact) mass is 1260 g/mol. The van der Waals surface area contributed by atoms with Crippen LogP contribution in [0, 0.1) is 0 Å². The number of anilines is 1. The number of pyridine rings is 1. The van der Waals surface area contributed by atoms with Gasteiger partial charge in [-0.25, -0.2) is 31.3 Å². The van der Waals surface area contributed by atoms with Crippen LogP contribution in [0.15, 0.2) is 221 Å². The fourth-order valence-corrected chi connectivity index (χ4v) is 12.4. The number of carboxylic acid groups (broad SMARTS) is 1. The van der Waals surface area contributed by atoms with Gasteiger partial charge in [-0.3, -0.25) is 19.0 Å². The van der Waals surface area contributed by atoms with E-state index in [0.717, 1.165) is 27.8 Å². The van der Waals surface area contributed by atoms with E-state index in [0.29, 0.717) is 88.2 Å². The van der Waals surface area contributed by atoms with Crippen LogP contribution in [-0.2, 0) is 69.5 Å². The molecule has 6 N–H and O–H groups in total. The Labute approximate surface area is 522 Å². The summed E-state index contributed by atoms with van der Waals surface area (Å²) in [5.41, 5.74) is 4.75. The van der Waals surface area contributed by atoms with Crippen molar-refractivity contribution in [3.8, 4) is 11.1 Å². The number of carboxylic acids is 1. The first-order chi connectivity index (χ1) is 43.6. The summed E-state index contributed by atoms with van der Waals surface area (Å²) in [4.78, 5) is 56.3. The smallest absolute Gasteiger partial charge is 0.407 e. The lowest BCUT2D eigenvalue weighted by Crippen LogP contribution is -2.48. The lowest BCUT2D eigenvalue weighted by molar-refractivity contribution is -0.138. The third-order valence-corrected chi connectivity index (χ3v) is 17.7. The number of carbonyl (C=O) groups is 3. The maximum absolute atomic E-state index is 13.9. The number of hydrogen-bond acceptors (Lipinski definition) is 14. The molecule has 0 saturated heterocycles. The number of aliphatic carboxylic acids is 1. The molecule has 23 heteroatoms. The van der Waals surface area contributed by atoms with Crippen molar-refractivity contribution in [3.63, 3.8) is 0 Å². The quantitative estimate of drug-likeness (QED) is 0.0168. The van der Waals surface area contributed by atoms with Gasteiger partial charge in [0, 0.05) is 70.4 Å². The number of aromatic nitrogens is 3. The summed E-state index contributed by atoms with van der Waals surface area (Å²) in [7, 11) is -6.65. The Hall–Kier alpha value is -9.33. The number of ether oxygens (including phenoxy) is 4. The van der Waals surface area contributed by atoms with E-state index in [4.69, 9.17) is 23.9 Å². The molecule has 0 radical (unpaired) electrons. The van der Waals surface area contributed by atoms with Crippen molar-refractivity contribution >= 4 is 54.9 Å². The van der Waals surface area contributed by atoms with E-state index in [9.17, 15) is 41.1 Å². The zero-order valence-electron chi connectivity index (χ0n) is 49.4. The molecule has 0 unspecified atom stereocenters. The molecule has 468 valence electrons. The van der Waals surface area contributed by atoms with Crippen LogP contribution >= 0.6 is 0 Å². The Morgan fingerprint density at radius 2 is 1.13 bits per heavy atom. The molecule has 7 aromatic carbocycles. The first-order valence-corrected chi connectivity index (χ1v) is 32.1. The third kappa shape index (κ3) is 16.7. The zero-order valence-corrected chi connectivity index (χ0v) is 51.0. The molecule has 1 atom stereocenters. The maximum atomic E-state index is 13.9. The first-order valence-electron chi connectivity index (χ1n) is 29.1. The Kier molecular flexibility index (Phi) is 22.6. The van der Waals surface area contributed by atoms with Gasteiger partial charge in [0.1, 0.15) is 23.8 Å². The van der Waals surface area contributed by atoms with Crippen LogP contribution < -0.4 is 30.8 Å². The van der Waals surface area contributed by atoms with Crippen LogP contribution in [0.3, 0.4) is 0 Å². The number of nitrogens with zero attached hydrogens (tertiary/aromatic N) is 3. The predicted octanol–water partition coefficient (Wildman–Crippen LogP) is 8.05. The second-order valence-electron chi connectivity index (χ2n) is 20.8. The average Bonchev–Trinajstić information content (AvgIpc) is 1.22. The SMILES string of the molecule is Cn1cc(C(=O)NC[C@H](NS(=O)(=O)c2ccc(-c3ccc(S(=O)(=O)NCCCOCCOCCOCCCNC(=O)OCc4ccccc4)cc3)cc2)C(=O)O)c(=O)c2ccc(CNc3nccn3C(c3ccccc3)(c3ccccc3)c3ccccc3)cc21. The minimum atomic E-state index is -4.47. The molecule has 0 bridgehead atoms. The molecule has 0 aliphatic rings. The molecule has 2 aromatic heterocycles. The summed E-state index contributed by atoms with van der Waals surface area (Å²) >= 11 is 0. The Balaban J connectivity index is 0.711. The fraction of sp³-hybridized carbons (Fsp3) is 0.239. The van der Waals surface area contributed by atoms with E-state index in [2.05, 4.69) is 66.4 Å². The van der Waals surface area contributed by atoms with Crippen molar-refractivity contribution in [2.75, 3.05) is 64.6 Å². The Morgan fingerprint density at radius 3 is 1.69 bits per heavy atom. The molecule has 0 aliphatic carbocycles. The van der Waals surface area contributed by atoms with Crippen LogP contribution in [-0.4, -0.2) is 119 Å². The molecule has 0 saturated carbocycles. The molecule has 21 nitrogen and oxygen atoms in total. The van der Waals surface area contributed by atoms with Crippen molar-refractivity contribution in [2.24, 2.45) is 7.05 Å². The molecule has 2 heterocycles. The lowest BCUT2D eigenvalue weighted by atomic mass is 9.76. The van der Waals surface area contributed by atoms with Gasteiger partial charge < -0.3 is 44.6 Å². The van der Waals surface area contributed by atoms with Crippen molar-refractivity contribution in [2.45, 2.75) is 47.4 Å². The van der Waals surface area contributed by atoms with E-state index < -0.39 is 61.6 Å². The number of aryl methyl sites for hydroxylation is 1. The van der Waals surface area contributed by atoms with E-state index in [-0.39, 0.29) is 33.9 Å². The standard InChI is InChI=1S/C67H70N8O13S2/c1-74-47-59(62(76)58-33-24-50(44-61(58)74)45-71-65-68-36-37-75(65)67(53-18-8-3-9-19-53,54-20-10-4-11-21-54)55-22-12-5-13-23-55)63(77)70-46-60(64(78)79)73-90(83,84)57-31-27-52(28-32-57)51-25-29-56(30-26-51)89(81,82)72-35-15-39-86-41-43-87-42-40-85-38-14-34-69-66(80)88-48-49-16-6-2-7-17-49/h2-13,16-33,36-37,44,47,60,72-73H,14-15,34-35,38-43,45-46,48H2,1H3,(H,68,71)(H,69,80)(H,70,77)(H,78,79)/t60-/m0/s1. The highest BCUT2D eigenvalue weighted by atomic mass is 32.2. The highest BCUT2D eigenvalue weighted by Crippen LogP contribution is 2.42. The van der Waals surface area contributed by atoms with Gasteiger partial charge in [-0.05, 0) is 88.2 Å². The summed E-state index contributed by atoms with van der Waals surface area (Å²) in [5.74, 6) is -1.89. The molecule has 0 aliphatic heterocycles. The predicted molar refractivity (Wildman–Crippen MR) is 341 cm³/mol. The Bertz CT molecular complexity index is 4030. The summed E-state index contributed by atoms with van der Waals surface area (Å²) in [6.07, 6.45) is 5.59. The van der Waals surface area contributed by atoms with E-state index in [1.54, 1.807) is 42.1 Å². The molecule has 0 spiro atoms. The van der Waals surface area contributed by atoms with E-state index >= 15 is 0 Å². The van der Waals surface area contributed by atoms with Crippen molar-refractivity contribution in [1.29, 1.82) is 0 Å². The number of alkyl carbamates (subject to hydrolysis) is 1. The molecule has 9 aromatic rings. The maximum Gasteiger partial charge on any atom is 0.407 e. The first kappa shape index (κ1) is 65.1.